The number of nitrogens with zero attached hydrogens (tertiary/aromatic N) is 1. The third kappa shape index (κ3) is 3.13. The summed E-state index contributed by atoms with van der Waals surface area (Å²) in [4.78, 5) is 15.1. The fraction of sp³-hybridized carbons (Fsp3) is 0.600. The maximum Gasteiger partial charge on any atom is 0.216 e. The Labute approximate surface area is 113 Å². The molecule has 1 saturated heterocycles. The molecule has 4 nitrogen and oxygen atoms in total. The van der Waals surface area contributed by atoms with Crippen molar-refractivity contribution in [2.45, 2.75) is 31.6 Å². The molecule has 0 radical (unpaired) electrons. The van der Waals surface area contributed by atoms with Crippen LogP contribution in [-0.4, -0.2) is 31.1 Å². The van der Waals surface area contributed by atoms with Gasteiger partial charge < -0.3 is 9.47 Å². The van der Waals surface area contributed by atoms with E-state index in [1.54, 1.807) is 6.20 Å². The van der Waals surface area contributed by atoms with E-state index in [1.165, 1.54) is 12.8 Å². The molecule has 0 atom stereocenters. The van der Waals surface area contributed by atoms with Gasteiger partial charge in [-0.3, -0.25) is 4.79 Å². The second-order valence-electron chi connectivity index (χ2n) is 5.42. The van der Waals surface area contributed by atoms with Gasteiger partial charge in [0.25, 0.3) is 0 Å². The Morgan fingerprint density at radius 3 is 2.79 bits per heavy atom. The highest BCUT2D eigenvalue weighted by Gasteiger charge is 2.28. The van der Waals surface area contributed by atoms with E-state index in [2.05, 4.69) is 4.98 Å². The van der Waals surface area contributed by atoms with Gasteiger partial charge in [0.05, 0.1) is 6.61 Å². The molecule has 1 saturated carbocycles. The standard InChI is InChI=1S/C15H19NO3/c17-9-12-7-14(13-1-2-13)15(16-8-12)19-10-11-3-5-18-6-4-11/h7-9,11,13H,1-6,10H2. The molecule has 19 heavy (non-hydrogen) atoms. The van der Waals surface area contributed by atoms with Crippen molar-refractivity contribution in [2.75, 3.05) is 19.8 Å². The van der Waals surface area contributed by atoms with Gasteiger partial charge in [0, 0.05) is 30.5 Å². The zero-order chi connectivity index (χ0) is 13.1. The van der Waals surface area contributed by atoms with E-state index in [4.69, 9.17) is 9.47 Å². The van der Waals surface area contributed by atoms with Crippen LogP contribution >= 0.6 is 0 Å². The van der Waals surface area contributed by atoms with Crippen LogP contribution in [0, 0.1) is 5.92 Å². The van der Waals surface area contributed by atoms with Crippen LogP contribution in [0.5, 0.6) is 5.88 Å². The fourth-order valence-corrected chi connectivity index (χ4v) is 2.47. The number of carbonyl (C=O) groups is 1. The summed E-state index contributed by atoms with van der Waals surface area (Å²) in [6.45, 7) is 2.37. The minimum Gasteiger partial charge on any atom is -0.477 e. The molecule has 1 aliphatic heterocycles. The molecule has 0 bridgehead atoms. The number of carbonyl (C=O) groups excluding carboxylic acids is 1. The summed E-state index contributed by atoms with van der Waals surface area (Å²) in [7, 11) is 0. The molecular formula is C15H19NO3. The molecule has 0 spiro atoms. The average Bonchev–Trinajstić information content (AvgIpc) is 3.30. The Morgan fingerprint density at radius 1 is 1.32 bits per heavy atom. The molecule has 1 aromatic rings. The smallest absolute Gasteiger partial charge is 0.216 e. The summed E-state index contributed by atoms with van der Waals surface area (Å²) in [5, 5.41) is 0. The molecule has 2 aliphatic rings. The number of aldehydes is 1. The van der Waals surface area contributed by atoms with Crippen LogP contribution in [-0.2, 0) is 4.74 Å². The Balaban J connectivity index is 1.67. The first-order valence-corrected chi connectivity index (χ1v) is 7.02. The van der Waals surface area contributed by atoms with Crippen LogP contribution in [0.2, 0.25) is 0 Å². The highest BCUT2D eigenvalue weighted by atomic mass is 16.5. The summed E-state index contributed by atoms with van der Waals surface area (Å²) < 4.78 is 11.2. The van der Waals surface area contributed by atoms with Gasteiger partial charge in [0.1, 0.15) is 0 Å². The number of pyridine rings is 1. The van der Waals surface area contributed by atoms with Crippen molar-refractivity contribution in [3.63, 3.8) is 0 Å². The predicted molar refractivity (Wildman–Crippen MR) is 70.6 cm³/mol. The number of ether oxygens (including phenoxy) is 2. The van der Waals surface area contributed by atoms with Gasteiger partial charge in [-0.2, -0.15) is 0 Å². The fourth-order valence-electron chi connectivity index (χ4n) is 2.47. The van der Waals surface area contributed by atoms with Crippen molar-refractivity contribution >= 4 is 6.29 Å². The SMILES string of the molecule is O=Cc1cnc(OCC2CCOCC2)c(C2CC2)c1. The van der Waals surface area contributed by atoms with Crippen LogP contribution in [0.15, 0.2) is 12.3 Å². The molecule has 0 N–H and O–H groups in total. The molecule has 102 valence electrons. The molecule has 1 aliphatic carbocycles. The van der Waals surface area contributed by atoms with Crippen molar-refractivity contribution < 1.29 is 14.3 Å². The van der Waals surface area contributed by atoms with E-state index >= 15 is 0 Å². The van der Waals surface area contributed by atoms with Gasteiger partial charge in [0.15, 0.2) is 6.29 Å². The zero-order valence-electron chi connectivity index (χ0n) is 11.0. The lowest BCUT2D eigenvalue weighted by Crippen LogP contribution is -2.22. The normalized spacial score (nSPS) is 20.2. The second kappa shape index (κ2) is 5.70. The summed E-state index contributed by atoms with van der Waals surface area (Å²) in [5.74, 6) is 1.82. The molecule has 3 rings (SSSR count). The van der Waals surface area contributed by atoms with E-state index in [0.717, 1.165) is 43.8 Å². The van der Waals surface area contributed by atoms with Crippen LogP contribution in [0.25, 0.3) is 0 Å². The van der Waals surface area contributed by atoms with Crippen molar-refractivity contribution in [1.29, 1.82) is 0 Å². The van der Waals surface area contributed by atoms with Gasteiger partial charge in [-0.25, -0.2) is 4.98 Å². The van der Waals surface area contributed by atoms with E-state index in [0.29, 0.717) is 24.0 Å². The summed E-state index contributed by atoms with van der Waals surface area (Å²) >= 11 is 0. The first-order valence-electron chi connectivity index (χ1n) is 7.02. The number of aromatic nitrogens is 1. The lowest BCUT2D eigenvalue weighted by Gasteiger charge is -2.22. The number of hydrogen-bond acceptors (Lipinski definition) is 4. The van der Waals surface area contributed by atoms with Gasteiger partial charge >= 0.3 is 0 Å². The number of rotatable bonds is 5. The van der Waals surface area contributed by atoms with Crippen LogP contribution < -0.4 is 4.74 Å². The predicted octanol–water partition coefficient (Wildman–Crippen LogP) is 2.58. The van der Waals surface area contributed by atoms with E-state index in [-0.39, 0.29) is 0 Å². The first kappa shape index (κ1) is 12.6. The van der Waals surface area contributed by atoms with E-state index in [1.807, 2.05) is 6.07 Å². The molecule has 0 amide bonds. The van der Waals surface area contributed by atoms with Crippen LogP contribution in [0.4, 0.5) is 0 Å². The summed E-state index contributed by atoms with van der Waals surface area (Å²) in [5.41, 5.74) is 1.75. The van der Waals surface area contributed by atoms with Crippen LogP contribution in [0.3, 0.4) is 0 Å². The topological polar surface area (TPSA) is 48.4 Å². The quantitative estimate of drug-likeness (QED) is 0.764. The molecule has 1 aromatic heterocycles. The average molecular weight is 261 g/mol. The van der Waals surface area contributed by atoms with Crippen LogP contribution in [0.1, 0.15) is 47.5 Å². The summed E-state index contributed by atoms with van der Waals surface area (Å²) in [6, 6.07) is 1.93. The molecule has 0 aromatic carbocycles. The Kier molecular flexibility index (Phi) is 3.78. The maximum atomic E-state index is 10.8. The Hall–Kier alpha value is -1.42. The second-order valence-corrected chi connectivity index (χ2v) is 5.42. The lowest BCUT2D eigenvalue weighted by molar-refractivity contribution is 0.0488. The highest BCUT2D eigenvalue weighted by molar-refractivity contribution is 5.74. The van der Waals surface area contributed by atoms with Gasteiger partial charge in [-0.05, 0) is 43.6 Å². The Bertz CT molecular complexity index is 451. The van der Waals surface area contributed by atoms with Crippen molar-refractivity contribution in [1.82, 2.24) is 4.98 Å². The van der Waals surface area contributed by atoms with Crippen molar-refractivity contribution in [3.05, 3.63) is 23.4 Å². The van der Waals surface area contributed by atoms with Gasteiger partial charge in [-0.15, -0.1) is 0 Å². The minimum atomic E-state index is 0.539. The number of hydrogen-bond donors (Lipinski definition) is 0. The van der Waals surface area contributed by atoms with Gasteiger partial charge in [-0.1, -0.05) is 0 Å². The monoisotopic (exact) mass is 261 g/mol. The Morgan fingerprint density at radius 2 is 2.11 bits per heavy atom. The van der Waals surface area contributed by atoms with Crippen molar-refractivity contribution in [3.8, 4) is 5.88 Å². The molecule has 2 fully saturated rings. The van der Waals surface area contributed by atoms with Crippen molar-refractivity contribution in [2.24, 2.45) is 5.92 Å². The maximum absolute atomic E-state index is 10.8. The van der Waals surface area contributed by atoms with E-state index in [9.17, 15) is 4.79 Å². The minimum absolute atomic E-state index is 0.539. The molecule has 0 unspecified atom stereocenters. The molecule has 4 heteroatoms. The highest BCUT2D eigenvalue weighted by Crippen LogP contribution is 2.43. The zero-order valence-corrected chi connectivity index (χ0v) is 11.0. The van der Waals surface area contributed by atoms with E-state index < -0.39 is 0 Å². The van der Waals surface area contributed by atoms with Gasteiger partial charge in [0.2, 0.25) is 5.88 Å². The molecule has 2 heterocycles. The largest absolute Gasteiger partial charge is 0.477 e. The first-order chi connectivity index (χ1) is 9.36. The third-order valence-electron chi connectivity index (χ3n) is 3.85. The third-order valence-corrected chi connectivity index (χ3v) is 3.85. The molecular weight excluding hydrogens is 242 g/mol. The lowest BCUT2D eigenvalue weighted by atomic mass is 10.0. The summed E-state index contributed by atoms with van der Waals surface area (Å²) in [6.07, 6.45) is 6.92.